The molecule has 3 aromatic heterocycles. The number of hydrogen-bond donors (Lipinski definition) is 1. The molecule has 1 N–H and O–H groups in total. The Morgan fingerprint density at radius 3 is 2.72 bits per heavy atom. The number of nitrogens with zero attached hydrogens (tertiary/aromatic N) is 6. The second-order valence-electron chi connectivity index (χ2n) is 5.24. The molecule has 0 fully saturated rings. The highest BCUT2D eigenvalue weighted by Gasteiger charge is 2.33. The second-order valence-corrected chi connectivity index (χ2v) is 5.24. The minimum Gasteiger partial charge on any atom is -0.369 e. The molecule has 0 aliphatic carbocycles. The summed E-state index contributed by atoms with van der Waals surface area (Å²) in [6.07, 6.45) is 0.419. The van der Waals surface area contributed by atoms with E-state index in [-0.39, 0.29) is 11.6 Å². The lowest BCUT2D eigenvalue weighted by atomic mass is 10.2. The van der Waals surface area contributed by atoms with Gasteiger partial charge >= 0.3 is 6.18 Å². The molecule has 0 aromatic carbocycles. The zero-order valence-corrected chi connectivity index (χ0v) is 13.2. The van der Waals surface area contributed by atoms with E-state index in [4.69, 9.17) is 0 Å². The molecule has 0 aliphatic heterocycles. The van der Waals surface area contributed by atoms with Crippen molar-refractivity contribution in [2.45, 2.75) is 12.6 Å². The van der Waals surface area contributed by atoms with Gasteiger partial charge in [-0.1, -0.05) is 0 Å². The Morgan fingerprint density at radius 2 is 2.08 bits per heavy atom. The zero-order chi connectivity index (χ0) is 17.9. The van der Waals surface area contributed by atoms with Crippen LogP contribution in [-0.4, -0.2) is 36.3 Å². The summed E-state index contributed by atoms with van der Waals surface area (Å²) in [4.78, 5) is 11.6. The first-order valence-electron chi connectivity index (χ1n) is 7.37. The standard InChI is InChI=1S/C15H14F3N7/c1-25-9-21-24-13(25)4-6-20-12-7-11(15(16,17)18)22-14(23-12)10-3-2-5-19-8-10/h2-3,5,7-9H,4,6H2,1H3,(H,20,22,23). The minimum atomic E-state index is -4.57. The van der Waals surface area contributed by atoms with Crippen molar-refractivity contribution in [1.82, 2.24) is 29.7 Å². The third-order valence-corrected chi connectivity index (χ3v) is 3.40. The van der Waals surface area contributed by atoms with Crippen molar-refractivity contribution in [1.29, 1.82) is 0 Å². The van der Waals surface area contributed by atoms with Crippen molar-refractivity contribution >= 4 is 5.82 Å². The molecule has 3 rings (SSSR count). The summed E-state index contributed by atoms with van der Waals surface area (Å²) >= 11 is 0. The van der Waals surface area contributed by atoms with Crippen LogP contribution in [0.3, 0.4) is 0 Å². The number of pyridine rings is 1. The van der Waals surface area contributed by atoms with Crippen LogP contribution in [0.1, 0.15) is 11.5 Å². The Bertz CT molecular complexity index is 846. The van der Waals surface area contributed by atoms with Gasteiger partial charge in [0.15, 0.2) is 11.5 Å². The van der Waals surface area contributed by atoms with Crippen LogP contribution < -0.4 is 5.32 Å². The van der Waals surface area contributed by atoms with E-state index < -0.39 is 11.9 Å². The summed E-state index contributed by atoms with van der Waals surface area (Å²) in [5.41, 5.74) is -0.604. The van der Waals surface area contributed by atoms with Gasteiger partial charge in [-0.15, -0.1) is 10.2 Å². The molecule has 0 atom stereocenters. The number of anilines is 1. The van der Waals surface area contributed by atoms with E-state index in [1.165, 1.54) is 12.4 Å². The van der Waals surface area contributed by atoms with Crippen LogP contribution in [0.5, 0.6) is 0 Å². The number of aryl methyl sites for hydroxylation is 1. The summed E-state index contributed by atoms with van der Waals surface area (Å²) in [6, 6.07) is 4.10. The first-order valence-corrected chi connectivity index (χ1v) is 7.37. The first-order chi connectivity index (χ1) is 11.9. The first kappa shape index (κ1) is 16.8. The maximum Gasteiger partial charge on any atom is 0.433 e. The molecule has 7 nitrogen and oxygen atoms in total. The maximum absolute atomic E-state index is 13.1. The van der Waals surface area contributed by atoms with Crippen molar-refractivity contribution < 1.29 is 13.2 Å². The van der Waals surface area contributed by atoms with Gasteiger partial charge in [-0.05, 0) is 12.1 Å². The molecule has 3 aromatic rings. The lowest BCUT2D eigenvalue weighted by Crippen LogP contribution is -2.14. The second kappa shape index (κ2) is 6.83. The summed E-state index contributed by atoms with van der Waals surface area (Å²) in [6.45, 7) is 0.354. The lowest BCUT2D eigenvalue weighted by Gasteiger charge is -2.11. The predicted molar refractivity (Wildman–Crippen MR) is 83.5 cm³/mol. The van der Waals surface area contributed by atoms with Crippen molar-refractivity contribution in [2.24, 2.45) is 7.05 Å². The molecule has 0 saturated carbocycles. The van der Waals surface area contributed by atoms with Gasteiger partial charge < -0.3 is 9.88 Å². The Balaban J connectivity index is 1.84. The van der Waals surface area contributed by atoms with Crippen molar-refractivity contribution in [2.75, 3.05) is 11.9 Å². The number of alkyl halides is 3. The molecule has 130 valence electrons. The number of hydrogen-bond acceptors (Lipinski definition) is 6. The molecule has 3 heterocycles. The molecular formula is C15H14F3N7. The summed E-state index contributed by atoms with van der Waals surface area (Å²) in [7, 11) is 1.79. The maximum atomic E-state index is 13.1. The predicted octanol–water partition coefficient (Wildman–Crippen LogP) is 2.34. The van der Waals surface area contributed by atoms with Crippen LogP contribution in [0.4, 0.5) is 19.0 Å². The van der Waals surface area contributed by atoms with Gasteiger partial charge in [-0.3, -0.25) is 4.98 Å². The lowest BCUT2D eigenvalue weighted by molar-refractivity contribution is -0.141. The Labute approximate surface area is 141 Å². The van der Waals surface area contributed by atoms with Gasteiger partial charge in [0.1, 0.15) is 18.0 Å². The van der Waals surface area contributed by atoms with Crippen molar-refractivity contribution in [3.63, 3.8) is 0 Å². The smallest absolute Gasteiger partial charge is 0.369 e. The third-order valence-electron chi connectivity index (χ3n) is 3.40. The molecule has 0 unspecified atom stereocenters. The van der Waals surface area contributed by atoms with Gasteiger partial charge in [0.05, 0.1) is 0 Å². The molecule has 0 aliphatic rings. The number of halogens is 3. The van der Waals surface area contributed by atoms with Crippen LogP contribution >= 0.6 is 0 Å². The fraction of sp³-hybridized carbons (Fsp3) is 0.267. The average molecular weight is 349 g/mol. The van der Waals surface area contributed by atoms with E-state index in [1.807, 2.05) is 0 Å². The molecule has 0 bridgehead atoms. The molecule has 0 spiro atoms. The fourth-order valence-corrected chi connectivity index (χ4v) is 2.14. The number of rotatable bonds is 5. The highest BCUT2D eigenvalue weighted by atomic mass is 19.4. The topological polar surface area (TPSA) is 81.4 Å². The summed E-state index contributed by atoms with van der Waals surface area (Å²) in [5.74, 6) is 0.762. The Hall–Kier alpha value is -3.04. The normalized spacial score (nSPS) is 11.5. The van der Waals surface area contributed by atoms with E-state index in [1.54, 1.807) is 30.1 Å². The monoisotopic (exact) mass is 349 g/mol. The van der Waals surface area contributed by atoms with Crippen LogP contribution in [0, 0.1) is 0 Å². The largest absolute Gasteiger partial charge is 0.433 e. The van der Waals surface area contributed by atoms with Gasteiger partial charge in [0.25, 0.3) is 0 Å². The van der Waals surface area contributed by atoms with Crippen LogP contribution in [0.15, 0.2) is 36.9 Å². The van der Waals surface area contributed by atoms with Crippen LogP contribution in [-0.2, 0) is 19.6 Å². The van der Waals surface area contributed by atoms with Gasteiger partial charge in [0, 0.05) is 44.0 Å². The molecule has 0 amide bonds. The Morgan fingerprint density at radius 1 is 1.24 bits per heavy atom. The van der Waals surface area contributed by atoms with E-state index in [9.17, 15) is 13.2 Å². The van der Waals surface area contributed by atoms with Gasteiger partial charge in [-0.25, -0.2) is 9.97 Å². The third kappa shape index (κ3) is 4.08. The van der Waals surface area contributed by atoms with Crippen molar-refractivity contribution in [3.05, 3.63) is 48.4 Å². The summed E-state index contributed by atoms with van der Waals surface area (Å²) in [5, 5.41) is 10.6. The average Bonchev–Trinajstić information content (AvgIpc) is 3.00. The number of nitrogens with one attached hydrogen (secondary N) is 1. The highest BCUT2D eigenvalue weighted by Crippen LogP contribution is 2.30. The Kier molecular flexibility index (Phi) is 4.59. The quantitative estimate of drug-likeness (QED) is 0.761. The molecule has 10 heteroatoms. The SMILES string of the molecule is Cn1cnnc1CCNc1cc(C(F)(F)F)nc(-c2cccnc2)n1. The van der Waals surface area contributed by atoms with Crippen LogP contribution in [0.2, 0.25) is 0 Å². The minimum absolute atomic E-state index is 0.0379. The van der Waals surface area contributed by atoms with Gasteiger partial charge in [0.2, 0.25) is 0 Å². The van der Waals surface area contributed by atoms with E-state index in [0.717, 1.165) is 6.07 Å². The number of aromatic nitrogens is 6. The highest BCUT2D eigenvalue weighted by molar-refractivity contribution is 5.56. The molecular weight excluding hydrogens is 335 g/mol. The molecule has 0 radical (unpaired) electrons. The van der Waals surface area contributed by atoms with E-state index in [0.29, 0.717) is 24.4 Å². The van der Waals surface area contributed by atoms with Gasteiger partial charge in [-0.2, -0.15) is 13.2 Å². The molecule has 25 heavy (non-hydrogen) atoms. The van der Waals surface area contributed by atoms with E-state index >= 15 is 0 Å². The zero-order valence-electron chi connectivity index (χ0n) is 13.2. The summed E-state index contributed by atoms with van der Waals surface area (Å²) < 4.78 is 41.1. The van der Waals surface area contributed by atoms with E-state index in [2.05, 4.69) is 30.5 Å². The van der Waals surface area contributed by atoms with Crippen molar-refractivity contribution in [3.8, 4) is 11.4 Å². The van der Waals surface area contributed by atoms with Crippen LogP contribution in [0.25, 0.3) is 11.4 Å². The fourth-order valence-electron chi connectivity index (χ4n) is 2.14. The molecule has 0 saturated heterocycles.